The Kier molecular flexibility index (Phi) is 5.69. The maximum absolute atomic E-state index is 14.4. The van der Waals surface area contributed by atoms with Crippen LogP contribution in [0.15, 0.2) is 54.6 Å². The lowest BCUT2D eigenvalue weighted by atomic mass is 9.94. The molecule has 0 aliphatic carbocycles. The van der Waals surface area contributed by atoms with E-state index < -0.39 is 46.7 Å². The number of amides is 2. The van der Waals surface area contributed by atoms with Crippen LogP contribution in [-0.4, -0.2) is 17.9 Å². The van der Waals surface area contributed by atoms with Gasteiger partial charge in [-0.2, -0.15) is 0 Å². The Bertz CT molecular complexity index is 1230. The predicted octanol–water partition coefficient (Wildman–Crippen LogP) is 5.15. The lowest BCUT2D eigenvalue weighted by molar-refractivity contribution is -0.117. The Morgan fingerprint density at radius 2 is 1.62 bits per heavy atom. The molecule has 0 spiro atoms. The highest BCUT2D eigenvalue weighted by atomic mass is 19.2. The molecule has 1 unspecified atom stereocenters. The monoisotopic (exact) mass is 442 g/mol. The van der Waals surface area contributed by atoms with Gasteiger partial charge in [-0.25, -0.2) is 17.6 Å². The van der Waals surface area contributed by atoms with Crippen LogP contribution < -0.4 is 10.2 Å². The third-order valence-corrected chi connectivity index (χ3v) is 5.51. The van der Waals surface area contributed by atoms with Crippen LogP contribution in [0.4, 0.5) is 28.9 Å². The van der Waals surface area contributed by atoms with Crippen molar-refractivity contribution < 1.29 is 27.2 Å². The molecule has 1 heterocycles. The van der Waals surface area contributed by atoms with Crippen molar-refractivity contribution in [2.45, 2.75) is 25.8 Å². The van der Waals surface area contributed by atoms with E-state index in [1.807, 2.05) is 0 Å². The predicted molar refractivity (Wildman–Crippen MR) is 111 cm³/mol. The van der Waals surface area contributed by atoms with Gasteiger partial charge in [0.25, 0.3) is 5.91 Å². The Morgan fingerprint density at radius 1 is 0.938 bits per heavy atom. The Balaban J connectivity index is 1.77. The molecule has 2 amide bonds. The molecule has 1 N–H and O–H groups in total. The van der Waals surface area contributed by atoms with Gasteiger partial charge in [-0.1, -0.05) is 36.4 Å². The van der Waals surface area contributed by atoms with Crippen LogP contribution in [0.3, 0.4) is 0 Å². The van der Waals surface area contributed by atoms with Gasteiger partial charge in [0, 0.05) is 11.4 Å². The average molecular weight is 442 g/mol. The highest BCUT2D eigenvalue weighted by molar-refractivity contribution is 6.12. The molecular formula is C24H18F4N2O2. The second-order valence-electron chi connectivity index (χ2n) is 7.51. The molecule has 0 fully saturated rings. The maximum atomic E-state index is 14.4. The molecular weight excluding hydrogens is 424 g/mol. The summed E-state index contributed by atoms with van der Waals surface area (Å²) >= 11 is 0. The molecule has 0 radical (unpaired) electrons. The molecule has 32 heavy (non-hydrogen) atoms. The van der Waals surface area contributed by atoms with Crippen molar-refractivity contribution in [2.24, 2.45) is 0 Å². The molecule has 1 aliphatic rings. The van der Waals surface area contributed by atoms with Gasteiger partial charge in [-0.05, 0) is 49.1 Å². The summed E-state index contributed by atoms with van der Waals surface area (Å²) < 4.78 is 55.5. The normalized spacial score (nSPS) is 15.3. The van der Waals surface area contributed by atoms with Crippen molar-refractivity contribution in [1.29, 1.82) is 0 Å². The summed E-state index contributed by atoms with van der Waals surface area (Å²) in [7, 11) is 0. The number of fused-ring (bicyclic) bond motifs is 1. The fourth-order valence-corrected chi connectivity index (χ4v) is 3.83. The van der Waals surface area contributed by atoms with E-state index in [-0.39, 0.29) is 6.42 Å². The molecule has 0 saturated heterocycles. The van der Waals surface area contributed by atoms with Crippen molar-refractivity contribution in [2.75, 3.05) is 10.2 Å². The average Bonchev–Trinajstić information content (AvgIpc) is 2.80. The zero-order chi connectivity index (χ0) is 23.0. The first kappa shape index (κ1) is 21.5. The number of nitrogens with zero attached hydrogens (tertiary/aromatic N) is 1. The molecule has 0 bridgehead atoms. The maximum Gasteiger partial charge on any atom is 0.262 e. The van der Waals surface area contributed by atoms with Gasteiger partial charge in [0.15, 0.2) is 23.3 Å². The number of aryl methyl sites for hydroxylation is 2. The molecule has 4 rings (SSSR count). The smallest absolute Gasteiger partial charge is 0.262 e. The fraction of sp³-hybridized carbons (Fsp3) is 0.167. The number of carbonyl (C=O) groups excluding carboxylic acids is 2. The van der Waals surface area contributed by atoms with Crippen LogP contribution in [0.2, 0.25) is 0 Å². The number of hydrogen-bond acceptors (Lipinski definition) is 2. The van der Waals surface area contributed by atoms with E-state index in [1.54, 1.807) is 55.5 Å². The summed E-state index contributed by atoms with van der Waals surface area (Å²) in [6.07, 6.45) is 0.661. The van der Waals surface area contributed by atoms with Gasteiger partial charge >= 0.3 is 0 Å². The zero-order valence-electron chi connectivity index (χ0n) is 17.0. The molecule has 4 nitrogen and oxygen atoms in total. The molecule has 1 atom stereocenters. The number of para-hydroxylation sites is 2. The van der Waals surface area contributed by atoms with Gasteiger partial charge in [0.05, 0.1) is 5.56 Å². The van der Waals surface area contributed by atoms with Crippen molar-refractivity contribution in [1.82, 2.24) is 0 Å². The van der Waals surface area contributed by atoms with Gasteiger partial charge in [0.2, 0.25) is 5.91 Å². The number of nitrogens with one attached hydrogen (secondary N) is 1. The highest BCUT2D eigenvalue weighted by Crippen LogP contribution is 2.34. The first-order valence-electron chi connectivity index (χ1n) is 9.90. The Labute approximate surface area is 181 Å². The third kappa shape index (κ3) is 3.72. The van der Waals surface area contributed by atoms with E-state index >= 15 is 0 Å². The number of halogens is 4. The summed E-state index contributed by atoms with van der Waals surface area (Å²) in [6.45, 7) is 1.80. The topological polar surface area (TPSA) is 49.4 Å². The Hall–Kier alpha value is -3.68. The molecule has 1 aliphatic heterocycles. The second-order valence-corrected chi connectivity index (χ2v) is 7.51. The van der Waals surface area contributed by atoms with Crippen LogP contribution in [0.5, 0.6) is 0 Å². The number of anilines is 2. The highest BCUT2D eigenvalue weighted by Gasteiger charge is 2.38. The summed E-state index contributed by atoms with van der Waals surface area (Å²) in [5.41, 5.74) is 1.37. The van der Waals surface area contributed by atoms with E-state index in [0.29, 0.717) is 29.4 Å². The lowest BCUT2D eigenvalue weighted by Gasteiger charge is -2.36. The summed E-state index contributed by atoms with van der Waals surface area (Å²) in [5, 5.41) is 2.76. The van der Waals surface area contributed by atoms with E-state index in [4.69, 9.17) is 0 Å². The standard InChI is InChI=1S/C24H18F4N2O2/c1-13-6-2-4-8-17(13)29-23(31)19-11-10-14-7-3-5-9-18(14)30(19)24(32)15-12-16(25)21(27)22(28)20(15)26/h2-9,12,19H,10-11H2,1H3,(H,29,31). The van der Waals surface area contributed by atoms with Crippen LogP contribution in [0, 0.1) is 30.2 Å². The molecule has 3 aromatic carbocycles. The number of rotatable bonds is 3. The van der Waals surface area contributed by atoms with Gasteiger partial charge in [-0.3, -0.25) is 14.5 Å². The van der Waals surface area contributed by atoms with Gasteiger partial charge in [0.1, 0.15) is 6.04 Å². The summed E-state index contributed by atoms with van der Waals surface area (Å²) in [6, 6.07) is 12.9. The zero-order valence-corrected chi connectivity index (χ0v) is 17.0. The van der Waals surface area contributed by atoms with Crippen molar-refractivity contribution in [3.8, 4) is 0 Å². The van der Waals surface area contributed by atoms with Crippen LogP contribution in [0.25, 0.3) is 0 Å². The van der Waals surface area contributed by atoms with Crippen LogP contribution in [0.1, 0.15) is 27.9 Å². The molecule has 3 aromatic rings. The molecule has 0 aromatic heterocycles. The van der Waals surface area contributed by atoms with E-state index in [9.17, 15) is 27.2 Å². The van der Waals surface area contributed by atoms with Gasteiger partial charge in [-0.15, -0.1) is 0 Å². The second kappa shape index (κ2) is 8.45. The van der Waals surface area contributed by atoms with Crippen molar-refractivity contribution in [3.05, 3.63) is 94.6 Å². The lowest BCUT2D eigenvalue weighted by Crippen LogP contribution is -2.50. The minimum Gasteiger partial charge on any atom is -0.324 e. The van der Waals surface area contributed by atoms with E-state index in [1.165, 1.54) is 0 Å². The van der Waals surface area contributed by atoms with E-state index in [0.717, 1.165) is 10.5 Å². The quantitative estimate of drug-likeness (QED) is 0.347. The minimum atomic E-state index is -2.08. The fourth-order valence-electron chi connectivity index (χ4n) is 3.83. The number of hydrogen-bond donors (Lipinski definition) is 1. The van der Waals surface area contributed by atoms with Crippen LogP contribution in [-0.2, 0) is 11.2 Å². The van der Waals surface area contributed by atoms with Crippen LogP contribution >= 0.6 is 0 Å². The number of carbonyl (C=O) groups is 2. The summed E-state index contributed by atoms with van der Waals surface area (Å²) in [5.74, 6) is -9.28. The molecule has 8 heteroatoms. The number of benzene rings is 3. The summed E-state index contributed by atoms with van der Waals surface area (Å²) in [4.78, 5) is 27.4. The Morgan fingerprint density at radius 3 is 2.38 bits per heavy atom. The van der Waals surface area contributed by atoms with E-state index in [2.05, 4.69) is 5.32 Å². The first-order valence-corrected chi connectivity index (χ1v) is 9.90. The molecule has 0 saturated carbocycles. The van der Waals surface area contributed by atoms with Gasteiger partial charge < -0.3 is 5.32 Å². The SMILES string of the molecule is Cc1ccccc1NC(=O)C1CCc2ccccc2N1C(=O)c1cc(F)c(F)c(F)c1F. The molecule has 164 valence electrons. The third-order valence-electron chi connectivity index (χ3n) is 5.51. The van der Waals surface area contributed by atoms with Crippen molar-refractivity contribution in [3.63, 3.8) is 0 Å². The van der Waals surface area contributed by atoms with Crippen molar-refractivity contribution >= 4 is 23.2 Å². The first-order chi connectivity index (χ1) is 15.3. The largest absolute Gasteiger partial charge is 0.324 e. The minimum absolute atomic E-state index is 0.203.